The van der Waals surface area contributed by atoms with E-state index in [4.69, 9.17) is 23.7 Å². The Morgan fingerprint density at radius 3 is 0.985 bits per heavy atom. The molecule has 0 N–H and O–H groups in total. The summed E-state index contributed by atoms with van der Waals surface area (Å²) in [5, 5.41) is 4.34. The minimum Gasteiger partial charge on any atom is -0.497 e. The van der Waals surface area contributed by atoms with E-state index in [1.807, 2.05) is 48.5 Å². The minimum absolute atomic E-state index is 0.788. The second kappa shape index (κ2) is 16.3. The van der Waals surface area contributed by atoms with Gasteiger partial charge in [-0.3, -0.25) is 0 Å². The van der Waals surface area contributed by atoms with Gasteiger partial charge in [-0.05, 0) is 154 Å². The third-order valence-electron chi connectivity index (χ3n) is 13.7. The summed E-state index contributed by atoms with van der Waals surface area (Å²) in [5.41, 5.74) is 11.9. The zero-order chi connectivity index (χ0) is 45.9. The molecule has 1 heterocycles. The first-order chi connectivity index (χ1) is 33.5. The van der Waals surface area contributed by atoms with Crippen LogP contribution < -0.4 is 33.5 Å². The van der Waals surface area contributed by atoms with Crippen molar-refractivity contribution in [2.45, 2.75) is 5.41 Å². The van der Waals surface area contributed by atoms with Crippen LogP contribution in [0.15, 0.2) is 206 Å². The number of nitrogens with zero attached hydrogens (tertiary/aromatic N) is 2. The average Bonchev–Trinajstić information content (AvgIpc) is 3.68. The van der Waals surface area contributed by atoms with E-state index < -0.39 is 5.41 Å². The molecule has 1 aliphatic carbocycles. The zero-order valence-corrected chi connectivity index (χ0v) is 38.1. The Bertz CT molecular complexity index is 3200. The predicted octanol–water partition coefficient (Wildman–Crippen LogP) is 15.4. The summed E-state index contributed by atoms with van der Waals surface area (Å²) in [6.07, 6.45) is 0. The summed E-state index contributed by atoms with van der Waals surface area (Å²) in [5.74, 6) is 4.86. The summed E-state index contributed by atoms with van der Waals surface area (Å²) in [6.45, 7) is 0. The fraction of sp³-hybridized carbons (Fsp3) is 0.0820. The maximum Gasteiger partial charge on any atom is 0.140 e. The van der Waals surface area contributed by atoms with Gasteiger partial charge in [-0.25, -0.2) is 0 Å². The maximum atomic E-state index is 7.37. The molecule has 10 aromatic rings. The molecule has 0 bridgehead atoms. The predicted molar refractivity (Wildman–Crippen MR) is 274 cm³/mol. The third-order valence-corrected chi connectivity index (χ3v) is 13.7. The van der Waals surface area contributed by atoms with Gasteiger partial charge in [-0.2, -0.15) is 0 Å². The maximum absolute atomic E-state index is 7.37. The van der Waals surface area contributed by atoms with Gasteiger partial charge in [-0.1, -0.05) is 84.9 Å². The summed E-state index contributed by atoms with van der Waals surface area (Å²) < 4.78 is 29.9. The molecule has 0 fully saturated rings. The van der Waals surface area contributed by atoms with Crippen LogP contribution in [0.5, 0.6) is 34.5 Å². The zero-order valence-electron chi connectivity index (χ0n) is 38.1. The first kappa shape index (κ1) is 40.8. The van der Waals surface area contributed by atoms with Gasteiger partial charge in [-0.15, -0.1) is 0 Å². The molecule has 0 radical (unpaired) electrons. The fourth-order valence-electron chi connectivity index (χ4n) is 10.5. The summed E-state index contributed by atoms with van der Waals surface area (Å²) in [7, 11) is 6.79. The van der Waals surface area contributed by atoms with E-state index >= 15 is 0 Å². The lowest BCUT2D eigenvalue weighted by molar-refractivity contribution is 0.414. The lowest BCUT2D eigenvalue weighted by atomic mass is 9.65. The molecule has 0 aromatic heterocycles. The van der Waals surface area contributed by atoms with Gasteiger partial charge in [0, 0.05) is 56.0 Å². The first-order valence-electron chi connectivity index (χ1n) is 22.7. The van der Waals surface area contributed by atoms with Crippen molar-refractivity contribution in [1.29, 1.82) is 0 Å². The van der Waals surface area contributed by atoms with E-state index in [9.17, 15) is 0 Å². The van der Waals surface area contributed by atoms with E-state index in [0.29, 0.717) is 0 Å². The molecule has 0 atom stereocenters. The van der Waals surface area contributed by atoms with Crippen molar-refractivity contribution in [2.24, 2.45) is 0 Å². The van der Waals surface area contributed by atoms with Crippen molar-refractivity contribution in [1.82, 2.24) is 0 Å². The van der Waals surface area contributed by atoms with Crippen molar-refractivity contribution >= 4 is 55.7 Å². The van der Waals surface area contributed by atoms with Gasteiger partial charge >= 0.3 is 0 Å². The van der Waals surface area contributed by atoms with Gasteiger partial charge in [0.2, 0.25) is 0 Å². The van der Waals surface area contributed by atoms with Crippen LogP contribution >= 0.6 is 0 Å². The van der Waals surface area contributed by atoms with Crippen LogP contribution in [0.1, 0.15) is 22.3 Å². The van der Waals surface area contributed by atoms with E-state index in [0.717, 1.165) is 124 Å². The van der Waals surface area contributed by atoms with Gasteiger partial charge in [0.15, 0.2) is 0 Å². The van der Waals surface area contributed by atoms with E-state index in [1.54, 1.807) is 28.4 Å². The molecule has 68 heavy (non-hydrogen) atoms. The second-order valence-electron chi connectivity index (χ2n) is 17.1. The van der Waals surface area contributed by atoms with Crippen LogP contribution in [-0.2, 0) is 5.41 Å². The number of hydrogen-bond donors (Lipinski definition) is 0. The highest BCUT2D eigenvalue weighted by Crippen LogP contribution is 2.65. The van der Waals surface area contributed by atoms with Crippen molar-refractivity contribution in [3.05, 3.63) is 229 Å². The normalized spacial score (nSPS) is 12.6. The second-order valence-corrected chi connectivity index (χ2v) is 17.1. The Balaban J connectivity index is 1.18. The van der Waals surface area contributed by atoms with Crippen LogP contribution in [-0.4, -0.2) is 28.4 Å². The molecule has 330 valence electrons. The number of benzene rings is 10. The molecule has 7 heteroatoms. The Labute approximate surface area is 395 Å². The van der Waals surface area contributed by atoms with Crippen LogP contribution in [0, 0.1) is 0 Å². The van der Waals surface area contributed by atoms with Gasteiger partial charge in [0.1, 0.15) is 34.5 Å². The lowest BCUT2D eigenvalue weighted by Gasteiger charge is -2.41. The molecular weight excluding hydrogens is 841 g/mol. The molecule has 0 unspecified atom stereocenters. The topological polar surface area (TPSA) is 52.6 Å². The van der Waals surface area contributed by atoms with Crippen LogP contribution in [0.2, 0.25) is 0 Å². The van der Waals surface area contributed by atoms with Gasteiger partial charge in [0.05, 0.1) is 33.9 Å². The molecule has 0 saturated heterocycles. The third kappa shape index (κ3) is 6.34. The summed E-state index contributed by atoms with van der Waals surface area (Å²) in [4.78, 5) is 4.61. The highest BCUT2D eigenvalue weighted by molar-refractivity contribution is 6.01. The number of anilines is 6. The smallest absolute Gasteiger partial charge is 0.140 e. The van der Waals surface area contributed by atoms with E-state index in [2.05, 4.69) is 168 Å². The Kier molecular flexibility index (Phi) is 9.80. The summed E-state index contributed by atoms with van der Waals surface area (Å²) >= 11 is 0. The van der Waals surface area contributed by atoms with Crippen molar-refractivity contribution in [3.8, 4) is 45.6 Å². The Hall–Kier alpha value is -8.68. The summed E-state index contributed by atoms with van der Waals surface area (Å²) in [6, 6.07) is 73.0. The fourth-order valence-corrected chi connectivity index (χ4v) is 10.5. The van der Waals surface area contributed by atoms with E-state index in [1.165, 1.54) is 0 Å². The largest absolute Gasteiger partial charge is 0.497 e. The van der Waals surface area contributed by atoms with Crippen LogP contribution in [0.25, 0.3) is 32.7 Å². The quantitative estimate of drug-likeness (QED) is 0.136. The minimum atomic E-state index is -0.843. The molecule has 10 aromatic carbocycles. The molecule has 7 nitrogen and oxygen atoms in total. The molecular formula is C61H46N2O5. The standard InChI is InChI=1S/C61H46N2O5/c1-64-47-25-15-41(16-26-47)62(42-17-27-48(65-2)28-18-42)45-23-33-53-54-34-24-46(63(43-19-29-49(66-3)30-20-43)44-21-31-50(67-4)32-22-44)38-58(54)61(57(53)37-45)55-35-13-39-9-5-7-11-51(39)59(55)68-60-52-12-8-6-10-40(52)14-36-56(60)61/h5-38H,1-4H3. The number of hydrogen-bond acceptors (Lipinski definition) is 7. The molecule has 1 spiro atoms. The number of rotatable bonds is 10. The van der Waals surface area contributed by atoms with E-state index in [-0.39, 0.29) is 0 Å². The van der Waals surface area contributed by atoms with Crippen molar-refractivity contribution in [2.75, 3.05) is 38.2 Å². The highest BCUT2D eigenvalue weighted by Gasteiger charge is 2.52. The molecule has 1 aliphatic heterocycles. The molecule has 0 saturated carbocycles. The van der Waals surface area contributed by atoms with Crippen molar-refractivity contribution in [3.63, 3.8) is 0 Å². The highest BCUT2D eigenvalue weighted by atomic mass is 16.5. The Morgan fingerprint density at radius 1 is 0.324 bits per heavy atom. The number of methoxy groups -OCH3 is 4. The van der Waals surface area contributed by atoms with Crippen molar-refractivity contribution < 1.29 is 23.7 Å². The Morgan fingerprint density at radius 2 is 0.647 bits per heavy atom. The molecule has 2 aliphatic rings. The lowest BCUT2D eigenvalue weighted by Crippen LogP contribution is -2.32. The number of fused-ring (bicyclic) bond motifs is 13. The SMILES string of the molecule is COc1ccc(N(c2ccc(OC)cc2)c2ccc3c(c2)C2(c4cc(N(c5ccc(OC)cc5)c5ccc(OC)cc5)ccc4-3)c3ccc4ccccc4c3Oc3c2ccc2ccccc32)cc1. The van der Waals surface area contributed by atoms with Crippen LogP contribution in [0.4, 0.5) is 34.1 Å². The van der Waals surface area contributed by atoms with Gasteiger partial charge < -0.3 is 33.5 Å². The monoisotopic (exact) mass is 886 g/mol. The molecule has 0 amide bonds. The van der Waals surface area contributed by atoms with Crippen LogP contribution in [0.3, 0.4) is 0 Å². The first-order valence-corrected chi connectivity index (χ1v) is 22.7. The number of ether oxygens (including phenoxy) is 5. The average molecular weight is 887 g/mol. The van der Waals surface area contributed by atoms with Gasteiger partial charge in [0.25, 0.3) is 0 Å². The molecule has 12 rings (SSSR count).